The van der Waals surface area contributed by atoms with Gasteiger partial charge >= 0.3 is 0 Å². The summed E-state index contributed by atoms with van der Waals surface area (Å²) >= 11 is 0. The molecule has 0 aromatic heterocycles. The van der Waals surface area contributed by atoms with Crippen molar-refractivity contribution in [2.45, 2.75) is 32.1 Å². The van der Waals surface area contributed by atoms with Crippen molar-refractivity contribution in [3.63, 3.8) is 0 Å². The fourth-order valence-electron chi connectivity index (χ4n) is 2.62. The average Bonchev–Trinajstić information content (AvgIpc) is 2.91. The van der Waals surface area contributed by atoms with Gasteiger partial charge in [-0.1, -0.05) is 25.7 Å². The Bertz CT molecular complexity index is 444. The molecule has 0 amide bonds. The van der Waals surface area contributed by atoms with Crippen LogP contribution in [0.15, 0.2) is 18.2 Å². The van der Waals surface area contributed by atoms with Crippen LogP contribution in [0.25, 0.3) is 0 Å². The second kappa shape index (κ2) is 6.38. The van der Waals surface area contributed by atoms with Gasteiger partial charge in [-0.3, -0.25) is 16.0 Å². The first-order valence-electron chi connectivity index (χ1n) is 6.69. The minimum absolute atomic E-state index is 0.0406. The van der Waals surface area contributed by atoms with Crippen LogP contribution in [0.5, 0.6) is 0 Å². The lowest BCUT2D eigenvalue weighted by atomic mass is 10.0. The van der Waals surface area contributed by atoms with Crippen LogP contribution in [0, 0.1) is 16.0 Å². The van der Waals surface area contributed by atoms with E-state index < -0.39 is 4.92 Å². The first-order valence-corrected chi connectivity index (χ1v) is 6.69. The van der Waals surface area contributed by atoms with E-state index in [1.165, 1.54) is 37.8 Å². The Morgan fingerprint density at radius 2 is 1.95 bits per heavy atom. The van der Waals surface area contributed by atoms with Gasteiger partial charge in [-0.15, -0.1) is 0 Å². The highest BCUT2D eigenvalue weighted by Gasteiger charge is 2.14. The van der Waals surface area contributed by atoms with E-state index in [9.17, 15) is 10.1 Å². The third-order valence-corrected chi connectivity index (χ3v) is 3.65. The van der Waals surface area contributed by atoms with Gasteiger partial charge in [-0.05, 0) is 18.4 Å². The molecule has 6 nitrogen and oxygen atoms in total. The fourth-order valence-corrected chi connectivity index (χ4v) is 2.62. The lowest BCUT2D eigenvalue weighted by molar-refractivity contribution is -0.384. The molecule has 1 aromatic rings. The Morgan fingerprint density at radius 1 is 1.26 bits per heavy atom. The molecule has 104 valence electrons. The lowest BCUT2D eigenvalue weighted by Crippen LogP contribution is -2.10. The van der Waals surface area contributed by atoms with Crippen molar-refractivity contribution in [2.24, 2.45) is 11.8 Å². The maximum absolute atomic E-state index is 10.8. The predicted octanol–water partition coefficient (Wildman–Crippen LogP) is 2.87. The summed E-state index contributed by atoms with van der Waals surface area (Å²) in [6.45, 7) is 0.843. The molecule has 4 N–H and O–H groups in total. The SMILES string of the molecule is NNc1cc(NCCC2CCCC2)cc([N+](=O)[O-])c1. The maximum atomic E-state index is 10.8. The van der Waals surface area contributed by atoms with E-state index in [1.807, 2.05) is 0 Å². The van der Waals surface area contributed by atoms with Gasteiger partial charge in [0.15, 0.2) is 0 Å². The second-order valence-electron chi connectivity index (χ2n) is 5.04. The molecule has 2 rings (SSSR count). The Morgan fingerprint density at radius 3 is 2.58 bits per heavy atom. The minimum atomic E-state index is -0.414. The van der Waals surface area contributed by atoms with Crippen LogP contribution in [0.2, 0.25) is 0 Å². The summed E-state index contributed by atoms with van der Waals surface area (Å²) in [5, 5.41) is 14.1. The number of hydrazine groups is 1. The highest BCUT2D eigenvalue weighted by molar-refractivity contribution is 5.63. The average molecular weight is 264 g/mol. The number of anilines is 2. The van der Waals surface area contributed by atoms with Crippen molar-refractivity contribution < 1.29 is 4.92 Å². The molecule has 0 spiro atoms. The Balaban J connectivity index is 1.94. The van der Waals surface area contributed by atoms with E-state index in [0.29, 0.717) is 5.69 Å². The van der Waals surface area contributed by atoms with Crippen LogP contribution in [0.3, 0.4) is 0 Å². The van der Waals surface area contributed by atoms with Gasteiger partial charge in [0.1, 0.15) is 0 Å². The van der Waals surface area contributed by atoms with Gasteiger partial charge < -0.3 is 10.7 Å². The van der Waals surface area contributed by atoms with Crippen molar-refractivity contribution in [3.05, 3.63) is 28.3 Å². The van der Waals surface area contributed by atoms with Crippen LogP contribution in [-0.4, -0.2) is 11.5 Å². The summed E-state index contributed by atoms with van der Waals surface area (Å²) in [6.07, 6.45) is 6.41. The predicted molar refractivity (Wildman–Crippen MR) is 76.0 cm³/mol. The molecule has 0 bridgehead atoms. The van der Waals surface area contributed by atoms with Crippen molar-refractivity contribution in [1.82, 2.24) is 0 Å². The number of nitro benzene ring substituents is 1. The highest BCUT2D eigenvalue weighted by Crippen LogP contribution is 2.28. The highest BCUT2D eigenvalue weighted by atomic mass is 16.6. The lowest BCUT2D eigenvalue weighted by Gasteiger charge is -2.11. The zero-order valence-corrected chi connectivity index (χ0v) is 10.9. The number of hydrogen-bond acceptors (Lipinski definition) is 5. The zero-order valence-electron chi connectivity index (χ0n) is 10.9. The van der Waals surface area contributed by atoms with E-state index in [0.717, 1.165) is 24.6 Å². The van der Waals surface area contributed by atoms with Crippen molar-refractivity contribution in [1.29, 1.82) is 0 Å². The molecule has 0 unspecified atom stereocenters. The summed E-state index contributed by atoms with van der Waals surface area (Å²) in [5.41, 5.74) is 3.77. The molecule has 1 fully saturated rings. The molecule has 0 saturated heterocycles. The van der Waals surface area contributed by atoms with Crippen molar-refractivity contribution in [3.8, 4) is 0 Å². The van der Waals surface area contributed by atoms with E-state index in [1.54, 1.807) is 6.07 Å². The first-order chi connectivity index (χ1) is 9.19. The molecular weight excluding hydrogens is 244 g/mol. The quantitative estimate of drug-likeness (QED) is 0.417. The van der Waals surface area contributed by atoms with Gasteiger partial charge in [0.25, 0.3) is 5.69 Å². The number of nitrogens with one attached hydrogen (secondary N) is 2. The first kappa shape index (κ1) is 13.6. The molecule has 1 aliphatic rings. The summed E-state index contributed by atoms with van der Waals surface area (Å²) in [6, 6.07) is 4.74. The van der Waals surface area contributed by atoms with Crippen LogP contribution < -0.4 is 16.6 Å². The Kier molecular flexibility index (Phi) is 4.57. The number of hydrogen-bond donors (Lipinski definition) is 3. The van der Waals surface area contributed by atoms with Gasteiger partial charge in [0.2, 0.25) is 0 Å². The van der Waals surface area contributed by atoms with Gasteiger partial charge in [0, 0.05) is 24.4 Å². The molecule has 0 radical (unpaired) electrons. The normalized spacial score (nSPS) is 15.4. The number of nitro groups is 1. The van der Waals surface area contributed by atoms with Gasteiger partial charge in [-0.2, -0.15) is 0 Å². The van der Waals surface area contributed by atoms with E-state index in [-0.39, 0.29) is 5.69 Å². The van der Waals surface area contributed by atoms with Crippen LogP contribution in [0.4, 0.5) is 17.1 Å². The minimum Gasteiger partial charge on any atom is -0.385 e. The largest absolute Gasteiger partial charge is 0.385 e. The molecule has 1 aromatic carbocycles. The van der Waals surface area contributed by atoms with E-state index >= 15 is 0 Å². The second-order valence-corrected chi connectivity index (χ2v) is 5.04. The number of nitrogens with two attached hydrogens (primary N) is 1. The topological polar surface area (TPSA) is 93.2 Å². The Hall–Kier alpha value is -1.82. The Labute approximate surface area is 112 Å². The maximum Gasteiger partial charge on any atom is 0.273 e. The van der Waals surface area contributed by atoms with Gasteiger partial charge in [0.05, 0.1) is 10.6 Å². The molecule has 6 heteroatoms. The molecule has 19 heavy (non-hydrogen) atoms. The number of rotatable bonds is 6. The fraction of sp³-hybridized carbons (Fsp3) is 0.538. The van der Waals surface area contributed by atoms with Crippen molar-refractivity contribution >= 4 is 17.1 Å². The third-order valence-electron chi connectivity index (χ3n) is 3.65. The van der Waals surface area contributed by atoms with Gasteiger partial charge in [-0.25, -0.2) is 0 Å². The molecule has 0 heterocycles. The van der Waals surface area contributed by atoms with Crippen LogP contribution in [-0.2, 0) is 0 Å². The molecule has 1 saturated carbocycles. The summed E-state index contributed by atoms with van der Waals surface area (Å²) < 4.78 is 0. The van der Waals surface area contributed by atoms with E-state index in [2.05, 4.69) is 10.7 Å². The number of nitrogens with zero attached hydrogens (tertiary/aromatic N) is 1. The molecule has 1 aliphatic carbocycles. The summed E-state index contributed by atoms with van der Waals surface area (Å²) in [7, 11) is 0. The molecular formula is C13H20N4O2. The zero-order chi connectivity index (χ0) is 13.7. The molecule has 0 atom stereocenters. The smallest absolute Gasteiger partial charge is 0.273 e. The number of non-ortho nitro benzene ring substituents is 1. The van der Waals surface area contributed by atoms with Crippen LogP contribution >= 0.6 is 0 Å². The summed E-state index contributed by atoms with van der Waals surface area (Å²) in [4.78, 5) is 10.4. The summed E-state index contributed by atoms with van der Waals surface area (Å²) in [5.74, 6) is 6.12. The van der Waals surface area contributed by atoms with Crippen LogP contribution in [0.1, 0.15) is 32.1 Å². The molecule has 0 aliphatic heterocycles. The van der Waals surface area contributed by atoms with E-state index in [4.69, 9.17) is 5.84 Å². The standard InChI is InChI=1S/C13H20N4O2/c14-16-12-7-11(8-13(9-12)17(18)19)15-6-5-10-3-1-2-4-10/h7-10,15-16H,1-6,14H2. The number of benzene rings is 1. The third kappa shape index (κ3) is 3.82. The number of nitrogen functional groups attached to an aromatic ring is 1. The van der Waals surface area contributed by atoms with Crippen molar-refractivity contribution in [2.75, 3.05) is 17.3 Å². The monoisotopic (exact) mass is 264 g/mol.